The van der Waals surface area contributed by atoms with Crippen molar-refractivity contribution in [1.82, 2.24) is 4.90 Å². The first kappa shape index (κ1) is 21.1. The fourth-order valence-corrected chi connectivity index (χ4v) is 3.81. The van der Waals surface area contributed by atoms with E-state index in [4.69, 9.17) is 14.2 Å². The summed E-state index contributed by atoms with van der Waals surface area (Å²) in [5.41, 5.74) is 1.74. The zero-order valence-corrected chi connectivity index (χ0v) is 17.9. The molecule has 0 aromatic heterocycles. The van der Waals surface area contributed by atoms with Crippen LogP contribution in [0.2, 0.25) is 0 Å². The summed E-state index contributed by atoms with van der Waals surface area (Å²) in [6.45, 7) is 4.02. The van der Waals surface area contributed by atoms with Crippen LogP contribution < -0.4 is 14.2 Å². The third kappa shape index (κ3) is 5.70. The number of hydrogen-bond acceptors (Lipinski definition) is 5. The van der Waals surface area contributed by atoms with Crippen LogP contribution in [0.5, 0.6) is 28.7 Å². The molecule has 1 fully saturated rings. The first-order chi connectivity index (χ1) is 15.2. The zero-order chi connectivity index (χ0) is 21.5. The number of aromatic hydroxyl groups is 1. The van der Waals surface area contributed by atoms with Crippen molar-refractivity contribution in [2.24, 2.45) is 0 Å². The molecular formula is C26H29NO4. The molecule has 0 unspecified atom stereocenters. The maximum Gasteiger partial charge on any atom is 0.135 e. The van der Waals surface area contributed by atoms with Crippen LogP contribution in [-0.4, -0.2) is 43.4 Å². The van der Waals surface area contributed by atoms with Gasteiger partial charge in [-0.1, -0.05) is 18.6 Å². The first-order valence-electron chi connectivity index (χ1n) is 10.8. The van der Waals surface area contributed by atoms with E-state index < -0.39 is 0 Å². The zero-order valence-electron chi connectivity index (χ0n) is 17.9. The van der Waals surface area contributed by atoms with Crippen molar-refractivity contribution in [3.8, 4) is 39.9 Å². The standard InChI is InChI=1S/C26H29NO4/c1-29-22-8-5-20(6-9-22)25-19-21(28)7-14-26(25)31-24-12-10-23(11-13-24)30-18-17-27-15-3-2-4-16-27/h5-14,19,28H,2-4,15-18H2,1H3. The Hall–Kier alpha value is -3.18. The lowest BCUT2D eigenvalue weighted by Crippen LogP contribution is -2.33. The molecule has 5 nitrogen and oxygen atoms in total. The maximum atomic E-state index is 9.98. The molecule has 162 valence electrons. The van der Waals surface area contributed by atoms with E-state index in [0.29, 0.717) is 18.1 Å². The number of phenolic OH excluding ortho intramolecular Hbond substituents is 1. The van der Waals surface area contributed by atoms with E-state index >= 15 is 0 Å². The highest BCUT2D eigenvalue weighted by molar-refractivity contribution is 5.73. The van der Waals surface area contributed by atoms with Gasteiger partial charge in [-0.3, -0.25) is 4.90 Å². The van der Waals surface area contributed by atoms with Gasteiger partial charge in [0.1, 0.15) is 35.4 Å². The molecular weight excluding hydrogens is 390 g/mol. The van der Waals surface area contributed by atoms with Crippen LogP contribution in [0.1, 0.15) is 19.3 Å². The van der Waals surface area contributed by atoms with Gasteiger partial charge in [0, 0.05) is 12.1 Å². The van der Waals surface area contributed by atoms with Crippen LogP contribution in [0.4, 0.5) is 0 Å². The number of rotatable bonds is 8. The van der Waals surface area contributed by atoms with Gasteiger partial charge in [0.25, 0.3) is 0 Å². The van der Waals surface area contributed by atoms with E-state index in [9.17, 15) is 5.11 Å². The van der Waals surface area contributed by atoms with E-state index in [-0.39, 0.29) is 5.75 Å². The minimum atomic E-state index is 0.190. The van der Waals surface area contributed by atoms with Gasteiger partial charge in [-0.15, -0.1) is 0 Å². The summed E-state index contributed by atoms with van der Waals surface area (Å²) < 4.78 is 17.3. The molecule has 1 saturated heterocycles. The Balaban J connectivity index is 1.40. The molecule has 0 amide bonds. The average Bonchev–Trinajstić information content (AvgIpc) is 2.82. The minimum Gasteiger partial charge on any atom is -0.508 e. The molecule has 1 aliphatic heterocycles. The highest BCUT2D eigenvalue weighted by Gasteiger charge is 2.11. The second-order valence-electron chi connectivity index (χ2n) is 7.73. The lowest BCUT2D eigenvalue weighted by molar-refractivity contribution is 0.183. The Morgan fingerprint density at radius 3 is 2.19 bits per heavy atom. The average molecular weight is 420 g/mol. The van der Waals surface area contributed by atoms with Crippen molar-refractivity contribution in [3.05, 3.63) is 66.7 Å². The van der Waals surface area contributed by atoms with E-state index in [0.717, 1.165) is 29.2 Å². The summed E-state index contributed by atoms with van der Waals surface area (Å²) in [7, 11) is 1.64. The van der Waals surface area contributed by atoms with Crippen LogP contribution in [0.25, 0.3) is 11.1 Å². The second-order valence-corrected chi connectivity index (χ2v) is 7.73. The summed E-state index contributed by atoms with van der Waals surface area (Å²) in [5.74, 6) is 3.19. The molecule has 3 aromatic carbocycles. The Kier molecular flexibility index (Phi) is 6.95. The number of methoxy groups -OCH3 is 1. The van der Waals surface area contributed by atoms with Gasteiger partial charge in [0.05, 0.1) is 7.11 Å². The fourth-order valence-electron chi connectivity index (χ4n) is 3.81. The molecule has 1 heterocycles. The fraction of sp³-hybridized carbons (Fsp3) is 0.308. The van der Waals surface area contributed by atoms with Gasteiger partial charge >= 0.3 is 0 Å². The molecule has 1 aliphatic rings. The van der Waals surface area contributed by atoms with Gasteiger partial charge in [-0.05, 0) is 86.1 Å². The molecule has 5 heteroatoms. The predicted molar refractivity (Wildman–Crippen MR) is 122 cm³/mol. The summed E-state index contributed by atoms with van der Waals surface area (Å²) in [6.07, 6.45) is 3.93. The molecule has 3 aromatic rings. The molecule has 0 atom stereocenters. The minimum absolute atomic E-state index is 0.190. The molecule has 0 saturated carbocycles. The summed E-state index contributed by atoms with van der Waals surface area (Å²) in [5, 5.41) is 9.98. The Morgan fingerprint density at radius 2 is 1.48 bits per heavy atom. The number of phenols is 1. The predicted octanol–water partition coefficient (Wildman–Crippen LogP) is 5.72. The number of benzene rings is 3. The lowest BCUT2D eigenvalue weighted by Gasteiger charge is -2.26. The second kappa shape index (κ2) is 10.2. The number of hydrogen-bond donors (Lipinski definition) is 1. The van der Waals surface area contributed by atoms with Crippen LogP contribution in [0.15, 0.2) is 66.7 Å². The van der Waals surface area contributed by atoms with Crippen LogP contribution >= 0.6 is 0 Å². The number of nitrogens with zero attached hydrogens (tertiary/aromatic N) is 1. The van der Waals surface area contributed by atoms with Gasteiger partial charge < -0.3 is 19.3 Å². The molecule has 0 radical (unpaired) electrons. The Bertz CT molecular complexity index is 964. The quantitative estimate of drug-likeness (QED) is 0.506. The molecule has 4 rings (SSSR count). The number of ether oxygens (including phenoxy) is 3. The topological polar surface area (TPSA) is 51.2 Å². The van der Waals surface area contributed by atoms with E-state index in [2.05, 4.69) is 4.90 Å². The van der Waals surface area contributed by atoms with Crippen LogP contribution in [0, 0.1) is 0 Å². The molecule has 0 aliphatic carbocycles. The molecule has 0 bridgehead atoms. The Labute approximate surface area is 183 Å². The normalized spacial score (nSPS) is 14.2. The highest BCUT2D eigenvalue weighted by Crippen LogP contribution is 2.37. The lowest BCUT2D eigenvalue weighted by atomic mass is 10.0. The monoisotopic (exact) mass is 419 g/mol. The van der Waals surface area contributed by atoms with Gasteiger partial charge in [-0.25, -0.2) is 0 Å². The summed E-state index contributed by atoms with van der Waals surface area (Å²) in [6, 6.07) is 20.4. The van der Waals surface area contributed by atoms with E-state index in [1.165, 1.54) is 32.4 Å². The smallest absolute Gasteiger partial charge is 0.135 e. The van der Waals surface area contributed by atoms with E-state index in [1.807, 2.05) is 48.5 Å². The first-order valence-corrected chi connectivity index (χ1v) is 10.8. The van der Waals surface area contributed by atoms with Crippen molar-refractivity contribution in [3.63, 3.8) is 0 Å². The van der Waals surface area contributed by atoms with Crippen LogP contribution in [0.3, 0.4) is 0 Å². The van der Waals surface area contributed by atoms with Crippen molar-refractivity contribution < 1.29 is 19.3 Å². The van der Waals surface area contributed by atoms with Gasteiger partial charge in [0.15, 0.2) is 0 Å². The Morgan fingerprint density at radius 1 is 0.806 bits per heavy atom. The highest BCUT2D eigenvalue weighted by atomic mass is 16.5. The largest absolute Gasteiger partial charge is 0.508 e. The third-order valence-electron chi connectivity index (χ3n) is 5.54. The van der Waals surface area contributed by atoms with Crippen LogP contribution in [-0.2, 0) is 0 Å². The molecule has 1 N–H and O–H groups in total. The van der Waals surface area contributed by atoms with Gasteiger partial charge in [0.2, 0.25) is 0 Å². The molecule has 0 spiro atoms. The SMILES string of the molecule is COc1ccc(-c2cc(O)ccc2Oc2ccc(OCCN3CCCCC3)cc2)cc1. The van der Waals surface area contributed by atoms with E-state index in [1.54, 1.807) is 25.3 Å². The summed E-state index contributed by atoms with van der Waals surface area (Å²) >= 11 is 0. The van der Waals surface area contributed by atoms with Crippen molar-refractivity contribution in [2.75, 3.05) is 33.4 Å². The van der Waals surface area contributed by atoms with Crippen molar-refractivity contribution >= 4 is 0 Å². The summed E-state index contributed by atoms with van der Waals surface area (Å²) in [4.78, 5) is 2.46. The molecule has 31 heavy (non-hydrogen) atoms. The van der Waals surface area contributed by atoms with Crippen molar-refractivity contribution in [1.29, 1.82) is 0 Å². The van der Waals surface area contributed by atoms with Crippen molar-refractivity contribution in [2.45, 2.75) is 19.3 Å². The maximum absolute atomic E-state index is 9.98. The number of piperidine rings is 1. The van der Waals surface area contributed by atoms with Gasteiger partial charge in [-0.2, -0.15) is 0 Å². The number of likely N-dealkylation sites (tertiary alicyclic amines) is 1. The third-order valence-corrected chi connectivity index (χ3v) is 5.54.